The molecule has 0 saturated carbocycles. The Bertz CT molecular complexity index is 888. The first-order valence-electron chi connectivity index (χ1n) is 6.82. The maximum atomic E-state index is 12.7. The van der Waals surface area contributed by atoms with Crippen molar-refractivity contribution < 1.29 is 23.2 Å². The fourth-order valence-corrected chi connectivity index (χ4v) is 2.52. The number of aromatic hydroxyl groups is 1. The number of phenolic OH excluding ortho intramolecular Hbond substituents is 1. The van der Waals surface area contributed by atoms with Crippen molar-refractivity contribution in [1.82, 2.24) is 0 Å². The summed E-state index contributed by atoms with van der Waals surface area (Å²) in [6, 6.07) is 4.72. The number of rotatable bonds is 4. The van der Waals surface area contributed by atoms with Crippen LogP contribution in [0, 0.1) is 10.1 Å². The summed E-state index contributed by atoms with van der Waals surface area (Å²) >= 11 is 11.6. The first kappa shape index (κ1) is 19.8. The van der Waals surface area contributed by atoms with Crippen molar-refractivity contribution in [2.24, 2.45) is 5.10 Å². The Labute approximate surface area is 155 Å². The van der Waals surface area contributed by atoms with Crippen LogP contribution in [0.15, 0.2) is 35.4 Å². The fourth-order valence-electron chi connectivity index (χ4n) is 2.01. The predicted octanol–water partition coefficient (Wildman–Crippen LogP) is 5.10. The highest BCUT2D eigenvalue weighted by atomic mass is 35.5. The van der Waals surface area contributed by atoms with E-state index in [1.54, 1.807) is 0 Å². The molecule has 6 nitrogen and oxygen atoms in total. The number of hydrogen-bond acceptors (Lipinski definition) is 5. The van der Waals surface area contributed by atoms with Crippen molar-refractivity contribution in [3.05, 3.63) is 61.6 Å². The highest BCUT2D eigenvalue weighted by Crippen LogP contribution is 2.36. The van der Waals surface area contributed by atoms with Crippen molar-refractivity contribution in [3.8, 4) is 5.75 Å². The van der Waals surface area contributed by atoms with Crippen LogP contribution in [-0.2, 0) is 6.18 Å². The van der Waals surface area contributed by atoms with E-state index in [0.717, 1.165) is 17.3 Å². The van der Waals surface area contributed by atoms with E-state index in [9.17, 15) is 28.4 Å². The van der Waals surface area contributed by atoms with E-state index in [-0.39, 0.29) is 27.0 Å². The number of alkyl halides is 3. The molecule has 0 radical (unpaired) electrons. The van der Waals surface area contributed by atoms with Crippen molar-refractivity contribution in [1.29, 1.82) is 0 Å². The second kappa shape index (κ2) is 7.38. The number of phenols is 1. The van der Waals surface area contributed by atoms with E-state index in [2.05, 4.69) is 5.10 Å². The Kier molecular flexibility index (Phi) is 5.62. The Balaban J connectivity index is 2.41. The van der Waals surface area contributed by atoms with Crippen molar-refractivity contribution in [2.45, 2.75) is 6.18 Å². The van der Waals surface area contributed by atoms with Crippen LogP contribution in [-0.4, -0.2) is 23.3 Å². The summed E-state index contributed by atoms with van der Waals surface area (Å²) in [5.41, 5.74) is -1.96. The first-order chi connectivity index (χ1) is 12.0. The van der Waals surface area contributed by atoms with Gasteiger partial charge in [0.15, 0.2) is 0 Å². The molecular formula is C15H10Cl2F3N3O3. The molecule has 0 heterocycles. The molecule has 2 aromatic carbocycles. The maximum Gasteiger partial charge on any atom is 0.416 e. The zero-order valence-corrected chi connectivity index (χ0v) is 14.5. The molecule has 0 unspecified atom stereocenters. The quantitative estimate of drug-likeness (QED) is 0.434. The van der Waals surface area contributed by atoms with Crippen LogP contribution in [0.5, 0.6) is 5.75 Å². The molecule has 2 aromatic rings. The lowest BCUT2D eigenvalue weighted by Gasteiger charge is -2.15. The van der Waals surface area contributed by atoms with E-state index < -0.39 is 22.4 Å². The molecule has 138 valence electrons. The van der Waals surface area contributed by atoms with Crippen molar-refractivity contribution in [2.75, 3.05) is 12.1 Å². The van der Waals surface area contributed by atoms with E-state index in [4.69, 9.17) is 23.2 Å². The number of hydrogen-bond donors (Lipinski definition) is 1. The third-order valence-corrected chi connectivity index (χ3v) is 3.78. The lowest BCUT2D eigenvalue weighted by atomic mass is 10.1. The molecule has 0 saturated heterocycles. The van der Waals surface area contributed by atoms with Crippen LogP contribution >= 0.6 is 23.2 Å². The Morgan fingerprint density at radius 2 is 1.92 bits per heavy atom. The zero-order chi connectivity index (χ0) is 19.6. The van der Waals surface area contributed by atoms with Gasteiger partial charge in [-0.05, 0) is 24.3 Å². The Morgan fingerprint density at radius 3 is 2.50 bits per heavy atom. The number of nitro benzene ring substituents is 1. The summed E-state index contributed by atoms with van der Waals surface area (Å²) in [6.45, 7) is 0. The molecule has 0 bridgehead atoms. The van der Waals surface area contributed by atoms with Gasteiger partial charge in [0.05, 0.1) is 21.7 Å². The summed E-state index contributed by atoms with van der Waals surface area (Å²) < 4.78 is 38.2. The predicted molar refractivity (Wildman–Crippen MR) is 92.2 cm³/mol. The second-order valence-corrected chi connectivity index (χ2v) is 5.90. The van der Waals surface area contributed by atoms with Gasteiger partial charge in [0.25, 0.3) is 5.69 Å². The SMILES string of the molecule is CN(/N=C\c1cc(Cl)cc(Cl)c1O)c1ccc(C(F)(F)F)cc1[N+](=O)[O-]. The fraction of sp³-hybridized carbons (Fsp3) is 0.133. The maximum absolute atomic E-state index is 12.7. The smallest absolute Gasteiger partial charge is 0.416 e. The van der Waals surface area contributed by atoms with Crippen LogP contribution in [0.1, 0.15) is 11.1 Å². The van der Waals surface area contributed by atoms with E-state index in [1.165, 1.54) is 19.2 Å². The van der Waals surface area contributed by atoms with Gasteiger partial charge in [0, 0.05) is 23.7 Å². The number of benzene rings is 2. The molecule has 1 N–H and O–H groups in total. The monoisotopic (exact) mass is 407 g/mol. The van der Waals surface area contributed by atoms with Crippen LogP contribution in [0.25, 0.3) is 0 Å². The van der Waals surface area contributed by atoms with Crippen LogP contribution in [0.4, 0.5) is 24.5 Å². The van der Waals surface area contributed by atoms with Gasteiger partial charge in [-0.25, -0.2) is 0 Å². The molecular weight excluding hydrogens is 398 g/mol. The minimum Gasteiger partial charge on any atom is -0.506 e. The molecule has 0 atom stereocenters. The average molecular weight is 408 g/mol. The van der Waals surface area contributed by atoms with Crippen LogP contribution < -0.4 is 5.01 Å². The van der Waals surface area contributed by atoms with Gasteiger partial charge in [-0.1, -0.05) is 23.2 Å². The number of nitro groups is 1. The number of nitrogens with zero attached hydrogens (tertiary/aromatic N) is 3. The number of halogens is 5. The first-order valence-corrected chi connectivity index (χ1v) is 7.57. The Hall–Kier alpha value is -2.52. The molecule has 0 aliphatic carbocycles. The van der Waals surface area contributed by atoms with Gasteiger partial charge < -0.3 is 5.11 Å². The summed E-state index contributed by atoms with van der Waals surface area (Å²) in [6.07, 6.45) is -3.59. The van der Waals surface area contributed by atoms with Crippen LogP contribution in [0.2, 0.25) is 10.0 Å². The molecule has 0 aliphatic heterocycles. The molecule has 0 aliphatic rings. The number of hydrazone groups is 1. The van der Waals surface area contributed by atoms with Crippen LogP contribution in [0.3, 0.4) is 0 Å². The van der Waals surface area contributed by atoms with Gasteiger partial charge in [0.1, 0.15) is 11.4 Å². The Morgan fingerprint density at radius 1 is 1.27 bits per heavy atom. The molecule has 2 rings (SSSR count). The molecule has 0 amide bonds. The second-order valence-electron chi connectivity index (χ2n) is 5.05. The summed E-state index contributed by atoms with van der Waals surface area (Å²) in [5, 5.41) is 26.0. The molecule has 0 spiro atoms. The lowest BCUT2D eigenvalue weighted by molar-refractivity contribution is -0.384. The number of anilines is 1. The molecule has 11 heteroatoms. The summed E-state index contributed by atoms with van der Waals surface area (Å²) in [4.78, 5) is 10.2. The minimum atomic E-state index is -4.71. The molecule has 0 aromatic heterocycles. The van der Waals surface area contributed by atoms with Crippen molar-refractivity contribution >= 4 is 40.8 Å². The zero-order valence-electron chi connectivity index (χ0n) is 13.0. The van der Waals surface area contributed by atoms with E-state index in [1.807, 2.05) is 0 Å². The highest BCUT2D eigenvalue weighted by Gasteiger charge is 2.33. The molecule has 0 fully saturated rings. The normalized spacial score (nSPS) is 11.8. The van der Waals surface area contributed by atoms with E-state index in [0.29, 0.717) is 12.1 Å². The third-order valence-electron chi connectivity index (χ3n) is 3.28. The minimum absolute atomic E-state index is 0.0258. The average Bonchev–Trinajstić information content (AvgIpc) is 2.55. The van der Waals surface area contributed by atoms with Gasteiger partial charge in [-0.3, -0.25) is 15.1 Å². The standard InChI is InChI=1S/C15H10Cl2F3N3O3/c1-22(21-7-8-4-10(16)6-11(17)14(8)24)12-3-2-9(15(18,19)20)5-13(12)23(25)26/h2-7,24H,1H3/b21-7-. The van der Waals surface area contributed by atoms with Gasteiger partial charge in [0.2, 0.25) is 0 Å². The third kappa shape index (κ3) is 4.36. The van der Waals surface area contributed by atoms with E-state index >= 15 is 0 Å². The summed E-state index contributed by atoms with van der Waals surface area (Å²) in [5.74, 6) is -0.310. The molecule has 26 heavy (non-hydrogen) atoms. The largest absolute Gasteiger partial charge is 0.506 e. The summed E-state index contributed by atoms with van der Waals surface area (Å²) in [7, 11) is 1.30. The lowest BCUT2D eigenvalue weighted by Crippen LogP contribution is -2.13. The van der Waals surface area contributed by atoms with Gasteiger partial charge in [-0.15, -0.1) is 0 Å². The highest BCUT2D eigenvalue weighted by molar-refractivity contribution is 6.36. The topological polar surface area (TPSA) is 79.0 Å². The van der Waals surface area contributed by atoms with Crippen molar-refractivity contribution in [3.63, 3.8) is 0 Å². The van der Waals surface area contributed by atoms with Gasteiger partial charge >= 0.3 is 6.18 Å². The van der Waals surface area contributed by atoms with Gasteiger partial charge in [-0.2, -0.15) is 18.3 Å².